The van der Waals surface area contributed by atoms with Crippen LogP contribution < -0.4 is 20.7 Å². The summed E-state index contributed by atoms with van der Waals surface area (Å²) in [5.74, 6) is 0.446. The van der Waals surface area contributed by atoms with Crippen LogP contribution in [0.2, 0.25) is 0 Å². The van der Waals surface area contributed by atoms with Gasteiger partial charge in [0.15, 0.2) is 0 Å². The molecule has 182 valence electrons. The summed E-state index contributed by atoms with van der Waals surface area (Å²) in [6.07, 6.45) is 1.10. The molecule has 0 saturated heterocycles. The topological polar surface area (TPSA) is 79.5 Å². The molecule has 0 unspecified atom stereocenters. The Balaban J connectivity index is 1.22. The molecule has 6 heteroatoms. The maximum Gasteiger partial charge on any atom is 0.243 e. The number of carbonyl (C=O) groups excluding carboxylic acids is 2. The van der Waals surface area contributed by atoms with Crippen molar-refractivity contribution in [3.8, 4) is 5.75 Å². The van der Waals surface area contributed by atoms with Gasteiger partial charge in [-0.05, 0) is 53.9 Å². The first-order chi connectivity index (χ1) is 17.7. The van der Waals surface area contributed by atoms with Gasteiger partial charge in [-0.1, -0.05) is 72.8 Å². The van der Waals surface area contributed by atoms with Crippen molar-refractivity contribution < 1.29 is 14.3 Å². The lowest BCUT2D eigenvalue weighted by Gasteiger charge is -2.13. The lowest BCUT2D eigenvalue weighted by molar-refractivity contribution is -0.116. The van der Waals surface area contributed by atoms with E-state index in [4.69, 9.17) is 4.74 Å². The number of amides is 2. The number of benzene rings is 4. The third-order valence-electron chi connectivity index (χ3n) is 5.50. The Labute approximate surface area is 211 Å². The van der Waals surface area contributed by atoms with E-state index in [0.29, 0.717) is 36.6 Å². The van der Waals surface area contributed by atoms with Crippen LogP contribution in [0, 0.1) is 0 Å². The van der Waals surface area contributed by atoms with Crippen LogP contribution in [0.15, 0.2) is 109 Å². The van der Waals surface area contributed by atoms with Crippen LogP contribution in [0.1, 0.15) is 17.5 Å². The summed E-state index contributed by atoms with van der Waals surface area (Å²) >= 11 is 0. The average Bonchev–Trinajstić information content (AvgIpc) is 2.92. The number of para-hydroxylation sites is 2. The molecular formula is C30H29N3O3. The molecule has 0 fully saturated rings. The van der Waals surface area contributed by atoms with Crippen molar-refractivity contribution in [2.45, 2.75) is 19.4 Å². The zero-order valence-electron chi connectivity index (χ0n) is 19.9. The van der Waals surface area contributed by atoms with E-state index in [1.54, 1.807) is 24.3 Å². The van der Waals surface area contributed by atoms with Crippen LogP contribution in [0.4, 0.5) is 17.1 Å². The summed E-state index contributed by atoms with van der Waals surface area (Å²) in [5, 5.41) is 8.89. The van der Waals surface area contributed by atoms with Gasteiger partial charge in [0.05, 0.1) is 12.2 Å². The fourth-order valence-electron chi connectivity index (χ4n) is 3.62. The molecule has 0 aliphatic carbocycles. The Morgan fingerprint density at radius 1 is 0.611 bits per heavy atom. The van der Waals surface area contributed by atoms with Gasteiger partial charge in [-0.25, -0.2) is 0 Å². The molecule has 2 amide bonds. The number of hydrogen-bond donors (Lipinski definition) is 3. The van der Waals surface area contributed by atoms with Crippen molar-refractivity contribution in [3.63, 3.8) is 0 Å². The smallest absolute Gasteiger partial charge is 0.243 e. The minimum absolute atomic E-state index is 0.0482. The standard InChI is InChI=1S/C30H29N3O3/c34-29(20-15-23-9-3-1-4-10-23)32-25-16-18-26(19-17-25)33-30(35)21-31-27-13-7-8-14-28(27)36-22-24-11-5-2-6-12-24/h1-14,16-19,31H,15,20-22H2,(H,32,34)(H,33,35). The minimum atomic E-state index is -0.187. The number of nitrogens with one attached hydrogen (secondary N) is 3. The number of rotatable bonds is 11. The predicted molar refractivity (Wildman–Crippen MR) is 144 cm³/mol. The van der Waals surface area contributed by atoms with Crippen LogP contribution in [-0.4, -0.2) is 18.4 Å². The summed E-state index contributed by atoms with van der Waals surface area (Å²) in [7, 11) is 0. The second kappa shape index (κ2) is 12.8. The zero-order valence-corrected chi connectivity index (χ0v) is 19.9. The number of aryl methyl sites for hydroxylation is 1. The van der Waals surface area contributed by atoms with Gasteiger partial charge in [-0.2, -0.15) is 0 Å². The summed E-state index contributed by atoms with van der Waals surface area (Å²) in [4.78, 5) is 24.7. The van der Waals surface area contributed by atoms with Gasteiger partial charge in [-0.15, -0.1) is 0 Å². The Kier molecular flexibility index (Phi) is 8.70. The van der Waals surface area contributed by atoms with Crippen LogP contribution >= 0.6 is 0 Å². The lowest BCUT2D eigenvalue weighted by atomic mass is 10.1. The van der Waals surface area contributed by atoms with E-state index >= 15 is 0 Å². The van der Waals surface area contributed by atoms with E-state index in [2.05, 4.69) is 16.0 Å². The third kappa shape index (κ3) is 7.74. The molecule has 0 saturated carbocycles. The second-order valence-corrected chi connectivity index (χ2v) is 8.28. The number of anilines is 3. The first-order valence-corrected chi connectivity index (χ1v) is 11.9. The summed E-state index contributed by atoms with van der Waals surface area (Å²) < 4.78 is 5.93. The molecule has 4 rings (SSSR count). The van der Waals surface area contributed by atoms with E-state index in [9.17, 15) is 9.59 Å². The highest BCUT2D eigenvalue weighted by Gasteiger charge is 2.08. The normalized spacial score (nSPS) is 10.3. The Hall–Kier alpha value is -4.58. The van der Waals surface area contributed by atoms with Crippen molar-refractivity contribution in [2.24, 2.45) is 0 Å². The van der Waals surface area contributed by atoms with Gasteiger partial charge in [0.1, 0.15) is 12.4 Å². The molecule has 4 aromatic carbocycles. The van der Waals surface area contributed by atoms with Crippen LogP contribution in [0.3, 0.4) is 0 Å². The Morgan fingerprint density at radius 3 is 1.83 bits per heavy atom. The highest BCUT2D eigenvalue weighted by Crippen LogP contribution is 2.24. The predicted octanol–water partition coefficient (Wildman–Crippen LogP) is 5.89. The molecule has 4 aromatic rings. The maximum atomic E-state index is 12.5. The number of ether oxygens (including phenoxy) is 1. The molecule has 0 aliphatic heterocycles. The quantitative estimate of drug-likeness (QED) is 0.251. The van der Waals surface area contributed by atoms with E-state index in [1.807, 2.05) is 84.9 Å². The molecule has 0 radical (unpaired) electrons. The van der Waals surface area contributed by atoms with Crippen molar-refractivity contribution in [1.82, 2.24) is 0 Å². The average molecular weight is 480 g/mol. The molecular weight excluding hydrogens is 450 g/mol. The Morgan fingerprint density at radius 2 is 1.17 bits per heavy atom. The van der Waals surface area contributed by atoms with Gasteiger partial charge in [0.2, 0.25) is 11.8 Å². The summed E-state index contributed by atoms with van der Waals surface area (Å²) in [5.41, 5.74) is 4.29. The van der Waals surface area contributed by atoms with Gasteiger partial charge in [0, 0.05) is 17.8 Å². The molecule has 6 nitrogen and oxygen atoms in total. The van der Waals surface area contributed by atoms with E-state index in [0.717, 1.165) is 16.8 Å². The van der Waals surface area contributed by atoms with Crippen LogP contribution in [0.25, 0.3) is 0 Å². The van der Waals surface area contributed by atoms with Crippen molar-refractivity contribution in [3.05, 3.63) is 120 Å². The van der Waals surface area contributed by atoms with E-state index in [-0.39, 0.29) is 18.4 Å². The SMILES string of the molecule is O=C(CCc1ccccc1)Nc1ccc(NC(=O)CNc2ccccc2OCc2ccccc2)cc1. The molecule has 3 N–H and O–H groups in total. The van der Waals surface area contributed by atoms with Crippen LogP contribution in [-0.2, 0) is 22.6 Å². The molecule has 0 bridgehead atoms. The summed E-state index contributed by atoms with van der Waals surface area (Å²) in [6, 6.07) is 34.4. The van der Waals surface area contributed by atoms with Crippen LogP contribution in [0.5, 0.6) is 5.75 Å². The third-order valence-corrected chi connectivity index (χ3v) is 5.50. The maximum absolute atomic E-state index is 12.5. The van der Waals surface area contributed by atoms with Gasteiger partial charge in [0.25, 0.3) is 0 Å². The fourth-order valence-corrected chi connectivity index (χ4v) is 3.62. The number of hydrogen-bond acceptors (Lipinski definition) is 4. The van der Waals surface area contributed by atoms with Gasteiger partial charge >= 0.3 is 0 Å². The number of carbonyl (C=O) groups is 2. The van der Waals surface area contributed by atoms with E-state index in [1.165, 1.54) is 0 Å². The zero-order chi connectivity index (χ0) is 25.0. The van der Waals surface area contributed by atoms with Gasteiger partial charge in [-0.3, -0.25) is 9.59 Å². The van der Waals surface area contributed by atoms with Crippen molar-refractivity contribution in [1.29, 1.82) is 0 Å². The fraction of sp³-hybridized carbons (Fsp3) is 0.133. The molecule has 36 heavy (non-hydrogen) atoms. The lowest BCUT2D eigenvalue weighted by Crippen LogP contribution is -2.22. The molecule has 0 spiro atoms. The van der Waals surface area contributed by atoms with Crippen molar-refractivity contribution >= 4 is 28.9 Å². The molecule has 0 aromatic heterocycles. The highest BCUT2D eigenvalue weighted by atomic mass is 16.5. The van der Waals surface area contributed by atoms with E-state index < -0.39 is 0 Å². The first kappa shape index (κ1) is 24.5. The van der Waals surface area contributed by atoms with Crippen molar-refractivity contribution in [2.75, 3.05) is 22.5 Å². The monoisotopic (exact) mass is 479 g/mol. The second-order valence-electron chi connectivity index (χ2n) is 8.28. The minimum Gasteiger partial charge on any atom is -0.487 e. The molecule has 0 atom stereocenters. The highest BCUT2D eigenvalue weighted by molar-refractivity contribution is 5.95. The largest absolute Gasteiger partial charge is 0.487 e. The molecule has 0 aliphatic rings. The summed E-state index contributed by atoms with van der Waals surface area (Å²) in [6.45, 7) is 0.532. The van der Waals surface area contributed by atoms with Gasteiger partial charge < -0.3 is 20.7 Å². The first-order valence-electron chi connectivity index (χ1n) is 11.9. The Bertz CT molecular complexity index is 1260. The molecule has 0 heterocycles.